The highest BCUT2D eigenvalue weighted by Crippen LogP contribution is 2.23. The van der Waals surface area contributed by atoms with Crippen LogP contribution in [0.3, 0.4) is 0 Å². The van der Waals surface area contributed by atoms with Gasteiger partial charge in [-0.3, -0.25) is 0 Å². The molecule has 0 aliphatic heterocycles. The number of anilines is 1. The van der Waals surface area contributed by atoms with Crippen LogP contribution in [0.4, 0.5) is 14.6 Å². The number of methoxy groups -OCH3 is 1. The molecule has 12 heavy (non-hydrogen) atoms. The normalized spacial score (nSPS) is 10.3. The summed E-state index contributed by atoms with van der Waals surface area (Å²) >= 11 is 0. The molecule has 1 aromatic rings. The number of alkyl halides is 2. The van der Waals surface area contributed by atoms with Gasteiger partial charge in [0, 0.05) is 11.6 Å². The predicted molar refractivity (Wildman–Crippen MR) is 40.2 cm³/mol. The highest BCUT2D eigenvalue weighted by molar-refractivity contribution is 5.37. The topological polar surface area (TPSA) is 48.1 Å². The summed E-state index contributed by atoms with van der Waals surface area (Å²) in [5.74, 6) is 0.134. The van der Waals surface area contributed by atoms with Crippen molar-refractivity contribution in [3.8, 4) is 5.88 Å². The smallest absolute Gasteiger partial charge is 0.264 e. The molecular formula is C7H8F2N2O. The van der Waals surface area contributed by atoms with Gasteiger partial charge in [-0.25, -0.2) is 8.78 Å². The maximum atomic E-state index is 12.1. The van der Waals surface area contributed by atoms with Crippen LogP contribution in [0.1, 0.15) is 12.0 Å². The van der Waals surface area contributed by atoms with Gasteiger partial charge in [0.1, 0.15) is 5.82 Å². The van der Waals surface area contributed by atoms with Crippen LogP contribution in [-0.4, -0.2) is 12.1 Å². The third-order valence-electron chi connectivity index (χ3n) is 1.31. The number of nitrogen functional groups attached to an aromatic ring is 1. The number of rotatable bonds is 2. The fraction of sp³-hybridized carbons (Fsp3) is 0.286. The maximum absolute atomic E-state index is 12.1. The summed E-state index contributed by atoms with van der Waals surface area (Å²) in [5, 5.41) is 0. The van der Waals surface area contributed by atoms with E-state index in [4.69, 9.17) is 5.73 Å². The Morgan fingerprint density at radius 3 is 2.67 bits per heavy atom. The molecular weight excluding hydrogens is 166 g/mol. The molecule has 2 N–H and O–H groups in total. The van der Waals surface area contributed by atoms with E-state index >= 15 is 0 Å². The van der Waals surface area contributed by atoms with Gasteiger partial charge in [-0.2, -0.15) is 4.98 Å². The quantitative estimate of drug-likeness (QED) is 0.740. The van der Waals surface area contributed by atoms with Gasteiger partial charge in [-0.15, -0.1) is 0 Å². The zero-order valence-electron chi connectivity index (χ0n) is 6.42. The lowest BCUT2D eigenvalue weighted by Gasteiger charge is -2.03. The number of nitrogens with zero attached hydrogens (tertiary/aromatic N) is 1. The highest BCUT2D eigenvalue weighted by Gasteiger charge is 2.09. The van der Waals surface area contributed by atoms with Crippen LogP contribution >= 0.6 is 0 Å². The second-order valence-corrected chi connectivity index (χ2v) is 2.17. The van der Waals surface area contributed by atoms with Crippen LogP contribution in [0.2, 0.25) is 0 Å². The molecule has 1 heterocycles. The summed E-state index contributed by atoms with van der Waals surface area (Å²) < 4.78 is 28.9. The molecule has 0 aliphatic carbocycles. The average molecular weight is 174 g/mol. The van der Waals surface area contributed by atoms with Gasteiger partial charge in [0.25, 0.3) is 6.43 Å². The molecule has 1 rings (SSSR count). The number of ether oxygens (including phenoxy) is 1. The van der Waals surface area contributed by atoms with E-state index in [1.54, 1.807) is 0 Å². The van der Waals surface area contributed by atoms with Crippen molar-refractivity contribution in [2.75, 3.05) is 12.8 Å². The first-order valence-corrected chi connectivity index (χ1v) is 3.23. The van der Waals surface area contributed by atoms with Crippen molar-refractivity contribution in [3.05, 3.63) is 17.7 Å². The molecule has 0 saturated heterocycles. The number of hydrogen-bond acceptors (Lipinski definition) is 3. The number of hydrogen-bond donors (Lipinski definition) is 1. The Kier molecular flexibility index (Phi) is 2.42. The monoisotopic (exact) mass is 174 g/mol. The third kappa shape index (κ3) is 1.81. The lowest BCUT2D eigenvalue weighted by molar-refractivity contribution is 0.151. The van der Waals surface area contributed by atoms with Gasteiger partial charge in [0.05, 0.1) is 7.11 Å². The number of nitrogens with two attached hydrogens (primary N) is 1. The SMILES string of the molecule is COc1cc(C(F)F)cc(N)n1. The number of halogens is 2. The van der Waals surface area contributed by atoms with Crippen LogP contribution in [0.15, 0.2) is 12.1 Å². The highest BCUT2D eigenvalue weighted by atomic mass is 19.3. The van der Waals surface area contributed by atoms with Crippen LogP contribution in [0.5, 0.6) is 5.88 Å². The standard InChI is InChI=1S/C7H8F2N2O/c1-12-6-3-4(7(8)9)2-5(10)11-6/h2-3,7H,1H3,(H2,10,11). The van der Waals surface area contributed by atoms with Gasteiger partial charge in [-0.1, -0.05) is 0 Å². The van der Waals surface area contributed by atoms with Crippen molar-refractivity contribution in [3.63, 3.8) is 0 Å². The van der Waals surface area contributed by atoms with Crippen molar-refractivity contribution in [1.82, 2.24) is 4.98 Å². The fourth-order valence-electron chi connectivity index (χ4n) is 0.777. The summed E-state index contributed by atoms with van der Waals surface area (Å²) in [5.41, 5.74) is 5.07. The van der Waals surface area contributed by atoms with Gasteiger partial charge in [0.15, 0.2) is 0 Å². The van der Waals surface area contributed by atoms with Crippen LogP contribution in [0, 0.1) is 0 Å². The minimum Gasteiger partial charge on any atom is -0.481 e. The van der Waals surface area contributed by atoms with Crippen molar-refractivity contribution < 1.29 is 13.5 Å². The largest absolute Gasteiger partial charge is 0.481 e. The molecule has 1 aromatic heterocycles. The molecule has 0 amide bonds. The third-order valence-corrected chi connectivity index (χ3v) is 1.31. The zero-order chi connectivity index (χ0) is 9.14. The molecule has 0 bridgehead atoms. The summed E-state index contributed by atoms with van der Waals surface area (Å²) in [6.07, 6.45) is -2.55. The van der Waals surface area contributed by atoms with Gasteiger partial charge < -0.3 is 10.5 Å². The lowest BCUT2D eigenvalue weighted by Crippen LogP contribution is -1.96. The van der Waals surface area contributed by atoms with Crippen molar-refractivity contribution in [2.24, 2.45) is 0 Å². The minimum absolute atomic E-state index is 0.0321. The van der Waals surface area contributed by atoms with E-state index in [2.05, 4.69) is 9.72 Å². The van der Waals surface area contributed by atoms with Gasteiger partial charge >= 0.3 is 0 Å². The first-order valence-electron chi connectivity index (χ1n) is 3.23. The van der Waals surface area contributed by atoms with Crippen LogP contribution in [0.25, 0.3) is 0 Å². The average Bonchev–Trinajstić information content (AvgIpc) is 2.03. The van der Waals surface area contributed by atoms with E-state index in [1.807, 2.05) is 0 Å². The van der Waals surface area contributed by atoms with E-state index < -0.39 is 6.43 Å². The Morgan fingerprint density at radius 2 is 2.17 bits per heavy atom. The zero-order valence-corrected chi connectivity index (χ0v) is 6.42. The maximum Gasteiger partial charge on any atom is 0.264 e. The van der Waals surface area contributed by atoms with Gasteiger partial charge in [-0.05, 0) is 6.07 Å². The second kappa shape index (κ2) is 3.34. The minimum atomic E-state index is -2.55. The molecule has 0 aliphatic rings. The summed E-state index contributed by atoms with van der Waals surface area (Å²) in [4.78, 5) is 3.66. The Bertz CT molecular complexity index is 278. The summed E-state index contributed by atoms with van der Waals surface area (Å²) in [6, 6.07) is 2.27. The molecule has 0 radical (unpaired) electrons. The van der Waals surface area contributed by atoms with Crippen LogP contribution in [-0.2, 0) is 0 Å². The van der Waals surface area contributed by atoms with E-state index in [-0.39, 0.29) is 17.3 Å². The van der Waals surface area contributed by atoms with Gasteiger partial charge in [0.2, 0.25) is 5.88 Å². The first-order chi connectivity index (χ1) is 5.63. The van der Waals surface area contributed by atoms with E-state index in [9.17, 15) is 8.78 Å². The molecule has 0 fully saturated rings. The van der Waals surface area contributed by atoms with E-state index in [0.717, 1.165) is 12.1 Å². The van der Waals surface area contributed by atoms with Crippen molar-refractivity contribution >= 4 is 5.82 Å². The Hall–Kier alpha value is -1.39. The second-order valence-electron chi connectivity index (χ2n) is 2.17. The number of pyridine rings is 1. The predicted octanol–water partition coefficient (Wildman–Crippen LogP) is 1.61. The number of aromatic nitrogens is 1. The lowest BCUT2D eigenvalue weighted by atomic mass is 10.2. The molecule has 0 unspecified atom stereocenters. The van der Waals surface area contributed by atoms with Crippen molar-refractivity contribution in [2.45, 2.75) is 6.43 Å². The fourth-order valence-corrected chi connectivity index (χ4v) is 0.777. The van der Waals surface area contributed by atoms with Crippen LogP contribution < -0.4 is 10.5 Å². The molecule has 0 saturated carbocycles. The molecule has 0 atom stereocenters. The van der Waals surface area contributed by atoms with Crippen molar-refractivity contribution in [1.29, 1.82) is 0 Å². The Labute approximate surface area is 68.2 Å². The summed E-state index contributed by atoms with van der Waals surface area (Å²) in [7, 11) is 1.34. The molecule has 3 nitrogen and oxygen atoms in total. The first kappa shape index (κ1) is 8.70. The summed E-state index contributed by atoms with van der Waals surface area (Å²) in [6.45, 7) is 0. The van der Waals surface area contributed by atoms with E-state index in [1.165, 1.54) is 7.11 Å². The molecule has 0 aromatic carbocycles. The Morgan fingerprint density at radius 1 is 1.50 bits per heavy atom. The van der Waals surface area contributed by atoms with E-state index in [0.29, 0.717) is 0 Å². The molecule has 66 valence electrons. The Balaban J connectivity index is 3.06. The molecule has 5 heteroatoms. The molecule has 0 spiro atoms.